The Morgan fingerprint density at radius 3 is 2.77 bits per heavy atom. The van der Waals surface area contributed by atoms with Crippen LogP contribution in [0.2, 0.25) is 0 Å². The van der Waals surface area contributed by atoms with Crippen LogP contribution in [0.5, 0.6) is 0 Å². The van der Waals surface area contributed by atoms with Gasteiger partial charge in [0.05, 0.1) is 17.1 Å². The second kappa shape index (κ2) is 11.1. The van der Waals surface area contributed by atoms with Gasteiger partial charge in [0.15, 0.2) is 0 Å². The van der Waals surface area contributed by atoms with Crippen LogP contribution in [-0.2, 0) is 4.74 Å². The van der Waals surface area contributed by atoms with Gasteiger partial charge in [-0.15, -0.1) is 11.8 Å². The summed E-state index contributed by atoms with van der Waals surface area (Å²) in [5.74, 6) is 1.94. The molecule has 0 radical (unpaired) electrons. The molecular weight excluding hydrogens is 406 g/mol. The number of aromatic amines is 1. The van der Waals surface area contributed by atoms with Crippen LogP contribution in [0.15, 0.2) is 53.4 Å². The molecule has 166 valence electrons. The van der Waals surface area contributed by atoms with Crippen LogP contribution in [0.4, 0.5) is 0 Å². The fourth-order valence-corrected chi connectivity index (χ4v) is 5.04. The number of imidazole rings is 1. The lowest BCUT2D eigenvalue weighted by atomic mass is 10.1. The van der Waals surface area contributed by atoms with Crippen molar-refractivity contribution in [3.05, 3.63) is 59.9 Å². The Hall–Kier alpha value is -1.86. The van der Waals surface area contributed by atoms with E-state index in [1.54, 1.807) is 0 Å². The lowest BCUT2D eigenvalue weighted by molar-refractivity contribution is -0.0264. The molecule has 31 heavy (non-hydrogen) atoms. The number of hydrogen-bond acceptors (Lipinski definition) is 5. The summed E-state index contributed by atoms with van der Waals surface area (Å²) in [4.78, 5) is 12.0. The standard InChI is InChI=1S/C25H33N3O2S/c1-28-14-12-20(13-15-28)30-24(25-26-22-10-3-4-11-23(22)27-25)19-8-7-9-21(18-19)31-17-6-2-5-16-29/h3-4,7-11,18,20,24,29H,2,5-6,12-17H2,1H3,(H,26,27). The largest absolute Gasteiger partial charge is 0.396 e. The van der Waals surface area contributed by atoms with Crippen molar-refractivity contribution in [3.63, 3.8) is 0 Å². The number of thioether (sulfide) groups is 1. The van der Waals surface area contributed by atoms with Gasteiger partial charge in [0, 0.05) is 24.6 Å². The summed E-state index contributed by atoms with van der Waals surface area (Å²) in [6, 6.07) is 16.9. The van der Waals surface area contributed by atoms with E-state index in [0.717, 1.165) is 73.4 Å². The molecule has 1 aliphatic heterocycles. The fourth-order valence-electron chi connectivity index (χ4n) is 4.06. The van der Waals surface area contributed by atoms with Gasteiger partial charge in [-0.25, -0.2) is 4.98 Å². The highest BCUT2D eigenvalue weighted by Gasteiger charge is 2.26. The van der Waals surface area contributed by atoms with Crippen LogP contribution >= 0.6 is 11.8 Å². The number of piperidine rings is 1. The lowest BCUT2D eigenvalue weighted by Gasteiger charge is -2.31. The number of aliphatic hydroxyl groups is 1. The van der Waals surface area contributed by atoms with Crippen molar-refractivity contribution >= 4 is 22.8 Å². The van der Waals surface area contributed by atoms with E-state index in [4.69, 9.17) is 14.8 Å². The Bertz CT molecular complexity index is 920. The molecule has 1 aliphatic rings. The number of aromatic nitrogens is 2. The number of aliphatic hydroxyl groups excluding tert-OH is 1. The minimum Gasteiger partial charge on any atom is -0.396 e. The molecule has 0 saturated carbocycles. The molecule has 1 fully saturated rings. The van der Waals surface area contributed by atoms with Crippen LogP contribution in [0.3, 0.4) is 0 Å². The van der Waals surface area contributed by atoms with Gasteiger partial charge >= 0.3 is 0 Å². The van der Waals surface area contributed by atoms with Crippen LogP contribution in [0, 0.1) is 0 Å². The molecule has 0 amide bonds. The summed E-state index contributed by atoms with van der Waals surface area (Å²) in [6.07, 6.45) is 5.22. The molecule has 4 rings (SSSR count). The topological polar surface area (TPSA) is 61.4 Å². The first kappa shape index (κ1) is 22.3. The van der Waals surface area contributed by atoms with Gasteiger partial charge in [-0.2, -0.15) is 0 Å². The summed E-state index contributed by atoms with van der Waals surface area (Å²) >= 11 is 1.87. The molecular formula is C25H33N3O2S. The molecule has 1 atom stereocenters. The van der Waals surface area contributed by atoms with Crippen LogP contribution in [0.1, 0.15) is 49.6 Å². The summed E-state index contributed by atoms with van der Waals surface area (Å²) in [6.45, 7) is 2.43. The Kier molecular flexibility index (Phi) is 8.03. The normalized spacial score (nSPS) is 16.7. The number of H-pyrrole nitrogens is 1. The quantitative estimate of drug-likeness (QED) is 0.343. The van der Waals surface area contributed by atoms with Crippen molar-refractivity contribution in [2.45, 2.75) is 49.2 Å². The van der Waals surface area contributed by atoms with E-state index in [9.17, 15) is 0 Å². The zero-order valence-electron chi connectivity index (χ0n) is 18.3. The zero-order chi connectivity index (χ0) is 21.5. The zero-order valence-corrected chi connectivity index (χ0v) is 19.1. The maximum Gasteiger partial charge on any atom is 0.141 e. The van der Waals surface area contributed by atoms with E-state index in [1.807, 2.05) is 30.0 Å². The minimum atomic E-state index is -0.198. The highest BCUT2D eigenvalue weighted by Crippen LogP contribution is 2.32. The number of ether oxygens (including phenoxy) is 1. The van der Waals surface area contributed by atoms with E-state index >= 15 is 0 Å². The highest BCUT2D eigenvalue weighted by atomic mass is 32.2. The van der Waals surface area contributed by atoms with Crippen molar-refractivity contribution in [3.8, 4) is 0 Å². The minimum absolute atomic E-state index is 0.198. The molecule has 0 bridgehead atoms. The molecule has 3 aromatic rings. The number of fused-ring (bicyclic) bond motifs is 1. The highest BCUT2D eigenvalue weighted by molar-refractivity contribution is 7.99. The lowest BCUT2D eigenvalue weighted by Crippen LogP contribution is -2.35. The second-order valence-electron chi connectivity index (χ2n) is 8.36. The molecule has 0 spiro atoms. The summed E-state index contributed by atoms with van der Waals surface area (Å²) < 4.78 is 6.70. The Balaban J connectivity index is 1.54. The second-order valence-corrected chi connectivity index (χ2v) is 9.53. The Morgan fingerprint density at radius 2 is 1.97 bits per heavy atom. The molecule has 2 aromatic carbocycles. The molecule has 1 aromatic heterocycles. The number of likely N-dealkylation sites (tertiary alicyclic amines) is 1. The summed E-state index contributed by atoms with van der Waals surface area (Å²) in [7, 11) is 2.17. The molecule has 6 heteroatoms. The van der Waals surface area contributed by atoms with Gasteiger partial charge in [-0.3, -0.25) is 0 Å². The van der Waals surface area contributed by atoms with Gasteiger partial charge in [-0.1, -0.05) is 30.7 Å². The SMILES string of the molecule is CN1CCC(OC(c2cccc(SCCCCCO)c2)c2nc3ccccc3[nH]2)CC1. The van der Waals surface area contributed by atoms with E-state index in [2.05, 4.69) is 47.3 Å². The van der Waals surface area contributed by atoms with E-state index < -0.39 is 0 Å². The first-order chi connectivity index (χ1) is 15.2. The third-order valence-corrected chi connectivity index (χ3v) is 6.96. The molecule has 0 aliphatic carbocycles. The van der Waals surface area contributed by atoms with Gasteiger partial charge < -0.3 is 19.7 Å². The average Bonchev–Trinajstić information content (AvgIpc) is 3.23. The van der Waals surface area contributed by atoms with E-state index in [1.165, 1.54) is 4.90 Å². The van der Waals surface area contributed by atoms with Crippen LogP contribution < -0.4 is 0 Å². The molecule has 2 heterocycles. The van der Waals surface area contributed by atoms with Gasteiger partial charge in [-0.05, 0) is 68.3 Å². The van der Waals surface area contributed by atoms with E-state index in [0.29, 0.717) is 0 Å². The Labute approximate surface area is 189 Å². The predicted octanol–water partition coefficient (Wildman–Crippen LogP) is 5.02. The van der Waals surface area contributed by atoms with Crippen LogP contribution in [0.25, 0.3) is 11.0 Å². The molecule has 2 N–H and O–H groups in total. The number of nitrogens with one attached hydrogen (secondary N) is 1. The van der Waals surface area contributed by atoms with Gasteiger partial charge in [0.1, 0.15) is 11.9 Å². The smallest absolute Gasteiger partial charge is 0.141 e. The number of nitrogens with zero attached hydrogens (tertiary/aromatic N) is 2. The van der Waals surface area contributed by atoms with Gasteiger partial charge in [0.2, 0.25) is 0 Å². The number of benzene rings is 2. The third-order valence-electron chi connectivity index (χ3n) is 5.88. The monoisotopic (exact) mass is 439 g/mol. The maximum absolute atomic E-state index is 8.96. The van der Waals surface area contributed by atoms with E-state index in [-0.39, 0.29) is 18.8 Å². The molecule has 5 nitrogen and oxygen atoms in total. The van der Waals surface area contributed by atoms with Gasteiger partial charge in [0.25, 0.3) is 0 Å². The van der Waals surface area contributed by atoms with Crippen molar-refractivity contribution in [1.29, 1.82) is 0 Å². The number of unbranched alkanes of at least 4 members (excludes halogenated alkanes) is 2. The van der Waals surface area contributed by atoms with Crippen molar-refractivity contribution in [2.75, 3.05) is 32.5 Å². The molecule has 1 saturated heterocycles. The fraction of sp³-hybridized carbons (Fsp3) is 0.480. The van der Waals surface area contributed by atoms with Crippen molar-refractivity contribution in [1.82, 2.24) is 14.9 Å². The Morgan fingerprint density at radius 1 is 1.13 bits per heavy atom. The van der Waals surface area contributed by atoms with Crippen molar-refractivity contribution in [2.24, 2.45) is 0 Å². The predicted molar refractivity (Wildman–Crippen MR) is 128 cm³/mol. The summed E-state index contributed by atoms with van der Waals surface area (Å²) in [5.41, 5.74) is 3.17. The third kappa shape index (κ3) is 6.10. The first-order valence-corrected chi connectivity index (χ1v) is 12.3. The summed E-state index contributed by atoms with van der Waals surface area (Å²) in [5, 5.41) is 8.96. The number of hydrogen-bond donors (Lipinski definition) is 2. The maximum atomic E-state index is 8.96. The average molecular weight is 440 g/mol. The van der Waals surface area contributed by atoms with Crippen molar-refractivity contribution < 1.29 is 9.84 Å². The number of para-hydroxylation sites is 2. The first-order valence-electron chi connectivity index (χ1n) is 11.3. The molecule has 1 unspecified atom stereocenters. The number of rotatable bonds is 10. The van der Waals surface area contributed by atoms with Crippen LogP contribution in [-0.4, -0.2) is 58.6 Å².